The van der Waals surface area contributed by atoms with Crippen molar-refractivity contribution < 1.29 is 4.42 Å². The number of furan rings is 1. The minimum absolute atomic E-state index is 0.142. The smallest absolute Gasteiger partial charge is 0.294 e. The predicted octanol–water partition coefficient (Wildman–Crippen LogP) is 5.26. The molecule has 2 aromatic carbocycles. The Bertz CT molecular complexity index is 1130. The molecule has 5 heteroatoms. The number of fused-ring (bicyclic) bond motifs is 3. The molecule has 0 aliphatic rings. The predicted molar refractivity (Wildman–Crippen MR) is 107 cm³/mol. The molecule has 4 aromatic rings. The molecule has 4 rings (SSSR count). The summed E-state index contributed by atoms with van der Waals surface area (Å²) in [6.45, 7) is 6.61. The SMILES string of the molecule is CC(C)(C)c1ccc(SCc2nc3c(oc4ccccc43)c(=O)[nH]2)cc1. The molecule has 0 aliphatic heterocycles. The number of aromatic amines is 1. The van der Waals surface area contributed by atoms with E-state index in [1.165, 1.54) is 5.56 Å². The van der Waals surface area contributed by atoms with Crippen LogP contribution < -0.4 is 5.56 Å². The van der Waals surface area contributed by atoms with Gasteiger partial charge in [0.2, 0.25) is 5.58 Å². The van der Waals surface area contributed by atoms with Gasteiger partial charge in [-0.15, -0.1) is 11.8 Å². The van der Waals surface area contributed by atoms with Crippen molar-refractivity contribution in [3.63, 3.8) is 0 Å². The van der Waals surface area contributed by atoms with Gasteiger partial charge in [0.25, 0.3) is 5.56 Å². The van der Waals surface area contributed by atoms with Gasteiger partial charge in [0, 0.05) is 10.3 Å². The van der Waals surface area contributed by atoms with E-state index >= 15 is 0 Å². The number of para-hydroxylation sites is 1. The standard InChI is InChI=1S/C21H20N2O2S/c1-21(2,3)13-8-10-14(11-9-13)26-12-17-22-18-15-6-4-5-7-16(15)25-19(18)20(24)23-17/h4-11H,12H2,1-3H3,(H,22,23,24). The molecule has 26 heavy (non-hydrogen) atoms. The first-order chi connectivity index (χ1) is 12.4. The molecule has 0 saturated heterocycles. The van der Waals surface area contributed by atoms with E-state index in [4.69, 9.17) is 4.42 Å². The van der Waals surface area contributed by atoms with Crippen LogP contribution in [-0.2, 0) is 11.2 Å². The van der Waals surface area contributed by atoms with Crippen LogP contribution in [0, 0.1) is 0 Å². The summed E-state index contributed by atoms with van der Waals surface area (Å²) >= 11 is 1.65. The summed E-state index contributed by atoms with van der Waals surface area (Å²) in [5, 5.41) is 0.870. The second-order valence-electron chi connectivity index (χ2n) is 7.35. The molecule has 0 aliphatic carbocycles. The molecule has 0 radical (unpaired) electrons. The molecule has 2 aromatic heterocycles. The molecule has 0 amide bonds. The molecule has 0 bridgehead atoms. The van der Waals surface area contributed by atoms with Crippen LogP contribution in [0.4, 0.5) is 0 Å². The summed E-state index contributed by atoms with van der Waals surface area (Å²) in [6.07, 6.45) is 0. The normalized spacial score (nSPS) is 12.1. The zero-order valence-corrected chi connectivity index (χ0v) is 15.8. The van der Waals surface area contributed by atoms with Gasteiger partial charge in [0.05, 0.1) is 5.75 Å². The lowest BCUT2D eigenvalue weighted by molar-refractivity contribution is 0.590. The second kappa shape index (κ2) is 6.32. The summed E-state index contributed by atoms with van der Waals surface area (Å²) in [7, 11) is 0. The largest absolute Gasteiger partial charge is 0.449 e. The highest BCUT2D eigenvalue weighted by atomic mass is 32.2. The van der Waals surface area contributed by atoms with Crippen molar-refractivity contribution in [3.8, 4) is 0 Å². The van der Waals surface area contributed by atoms with Gasteiger partial charge in [-0.05, 0) is 35.2 Å². The second-order valence-corrected chi connectivity index (χ2v) is 8.40. The minimum atomic E-state index is -0.232. The van der Waals surface area contributed by atoms with Crippen LogP contribution in [0.15, 0.2) is 62.6 Å². The van der Waals surface area contributed by atoms with E-state index in [1.807, 2.05) is 24.3 Å². The average Bonchev–Trinajstić information content (AvgIpc) is 2.99. The van der Waals surface area contributed by atoms with Crippen LogP contribution in [0.1, 0.15) is 32.2 Å². The number of rotatable bonds is 3. The maximum Gasteiger partial charge on any atom is 0.294 e. The molecule has 0 atom stereocenters. The van der Waals surface area contributed by atoms with E-state index in [0.717, 1.165) is 10.3 Å². The summed E-state index contributed by atoms with van der Waals surface area (Å²) in [6, 6.07) is 16.1. The van der Waals surface area contributed by atoms with Crippen molar-refractivity contribution >= 4 is 33.8 Å². The molecule has 132 valence electrons. The van der Waals surface area contributed by atoms with Crippen LogP contribution in [0.2, 0.25) is 0 Å². The van der Waals surface area contributed by atoms with E-state index in [1.54, 1.807) is 11.8 Å². The van der Waals surface area contributed by atoms with Crippen LogP contribution >= 0.6 is 11.8 Å². The molecule has 0 unspecified atom stereocenters. The highest BCUT2D eigenvalue weighted by Crippen LogP contribution is 2.28. The Morgan fingerprint density at radius 1 is 1.08 bits per heavy atom. The first kappa shape index (κ1) is 16.9. The summed E-state index contributed by atoms with van der Waals surface area (Å²) in [5.41, 5.74) is 2.81. The summed E-state index contributed by atoms with van der Waals surface area (Å²) in [4.78, 5) is 20.9. The number of hydrogen-bond donors (Lipinski definition) is 1. The third kappa shape index (κ3) is 3.15. The van der Waals surface area contributed by atoms with Crippen molar-refractivity contribution in [2.75, 3.05) is 0 Å². The Hall–Kier alpha value is -2.53. The molecular weight excluding hydrogens is 344 g/mol. The van der Waals surface area contributed by atoms with Crippen molar-refractivity contribution in [1.82, 2.24) is 9.97 Å². The number of aromatic nitrogens is 2. The Morgan fingerprint density at radius 2 is 1.81 bits per heavy atom. The fourth-order valence-corrected chi connectivity index (χ4v) is 3.69. The highest BCUT2D eigenvalue weighted by Gasteiger charge is 2.14. The number of nitrogens with zero attached hydrogens (tertiary/aromatic N) is 1. The maximum absolute atomic E-state index is 12.3. The van der Waals surface area contributed by atoms with Crippen molar-refractivity contribution in [3.05, 3.63) is 70.3 Å². The zero-order valence-electron chi connectivity index (χ0n) is 15.0. The lowest BCUT2D eigenvalue weighted by Gasteiger charge is -2.19. The number of benzene rings is 2. The number of H-pyrrole nitrogens is 1. The molecule has 1 N–H and O–H groups in total. The number of nitrogens with one attached hydrogen (secondary N) is 1. The zero-order chi connectivity index (χ0) is 18.3. The molecule has 2 heterocycles. The molecule has 0 fully saturated rings. The van der Waals surface area contributed by atoms with Crippen LogP contribution in [-0.4, -0.2) is 9.97 Å². The molecule has 0 spiro atoms. The molecule has 0 saturated carbocycles. The van der Waals surface area contributed by atoms with Crippen molar-refractivity contribution in [2.24, 2.45) is 0 Å². The van der Waals surface area contributed by atoms with Gasteiger partial charge >= 0.3 is 0 Å². The fraction of sp³-hybridized carbons (Fsp3) is 0.238. The van der Waals surface area contributed by atoms with Gasteiger partial charge in [0.15, 0.2) is 0 Å². The van der Waals surface area contributed by atoms with Gasteiger partial charge in [-0.3, -0.25) is 4.79 Å². The third-order valence-corrected chi connectivity index (χ3v) is 5.40. The quantitative estimate of drug-likeness (QED) is 0.504. The number of hydrogen-bond acceptors (Lipinski definition) is 4. The Balaban J connectivity index is 1.61. The van der Waals surface area contributed by atoms with E-state index < -0.39 is 0 Å². The van der Waals surface area contributed by atoms with Gasteiger partial charge < -0.3 is 9.40 Å². The van der Waals surface area contributed by atoms with Gasteiger partial charge in [-0.1, -0.05) is 45.0 Å². The van der Waals surface area contributed by atoms with E-state index in [2.05, 4.69) is 55.0 Å². The van der Waals surface area contributed by atoms with Crippen LogP contribution in [0.25, 0.3) is 22.1 Å². The molecule has 4 nitrogen and oxygen atoms in total. The van der Waals surface area contributed by atoms with Crippen LogP contribution in [0.3, 0.4) is 0 Å². The Labute approximate surface area is 155 Å². The van der Waals surface area contributed by atoms with Crippen LogP contribution in [0.5, 0.6) is 0 Å². The topological polar surface area (TPSA) is 58.9 Å². The Morgan fingerprint density at radius 3 is 2.54 bits per heavy atom. The van der Waals surface area contributed by atoms with E-state index in [0.29, 0.717) is 22.7 Å². The number of thioether (sulfide) groups is 1. The first-order valence-electron chi connectivity index (χ1n) is 8.55. The average molecular weight is 364 g/mol. The van der Waals surface area contributed by atoms with Gasteiger partial charge in [-0.25, -0.2) is 4.98 Å². The highest BCUT2D eigenvalue weighted by molar-refractivity contribution is 7.98. The summed E-state index contributed by atoms with van der Waals surface area (Å²) in [5.74, 6) is 1.25. The van der Waals surface area contributed by atoms with Crippen molar-refractivity contribution in [1.29, 1.82) is 0 Å². The third-order valence-electron chi connectivity index (χ3n) is 4.38. The van der Waals surface area contributed by atoms with Gasteiger partial charge in [-0.2, -0.15) is 0 Å². The lowest BCUT2D eigenvalue weighted by atomic mass is 9.87. The lowest BCUT2D eigenvalue weighted by Crippen LogP contribution is -2.10. The van der Waals surface area contributed by atoms with Crippen molar-refractivity contribution in [2.45, 2.75) is 36.8 Å². The van der Waals surface area contributed by atoms with Gasteiger partial charge in [0.1, 0.15) is 16.9 Å². The fourth-order valence-electron chi connectivity index (χ4n) is 2.92. The maximum atomic E-state index is 12.3. The molecular formula is C21H20N2O2S. The van der Waals surface area contributed by atoms with E-state index in [-0.39, 0.29) is 16.6 Å². The Kier molecular flexibility index (Phi) is 4.11. The monoisotopic (exact) mass is 364 g/mol. The first-order valence-corrected chi connectivity index (χ1v) is 9.54. The summed E-state index contributed by atoms with van der Waals surface area (Å²) < 4.78 is 5.63. The van der Waals surface area contributed by atoms with E-state index in [9.17, 15) is 4.79 Å². The minimum Gasteiger partial charge on any atom is -0.449 e.